The number of rotatable bonds is 6. The highest BCUT2D eigenvalue weighted by atomic mass is 16.5. The number of ether oxygens (including phenoxy) is 4. The molecule has 2 rings (SSSR count). The average Bonchev–Trinajstić information content (AvgIpc) is 2.59. The molecule has 124 valence electrons. The lowest BCUT2D eigenvalue weighted by Gasteiger charge is -2.14. The maximum atomic E-state index is 12.6. The Morgan fingerprint density at radius 2 is 1.83 bits per heavy atom. The van der Waals surface area contributed by atoms with Gasteiger partial charge >= 0.3 is 5.97 Å². The summed E-state index contributed by atoms with van der Waals surface area (Å²) in [5.74, 6) is 0.643. The summed E-state index contributed by atoms with van der Waals surface area (Å²) in [5.41, 5.74) is 0.0580. The van der Waals surface area contributed by atoms with Crippen LogP contribution in [0.5, 0.6) is 17.2 Å². The van der Waals surface area contributed by atoms with E-state index < -0.39 is 5.97 Å². The second-order valence-corrected chi connectivity index (χ2v) is 4.61. The second-order valence-electron chi connectivity index (χ2n) is 4.61. The highest BCUT2D eigenvalue weighted by Gasteiger charge is 2.19. The van der Waals surface area contributed by atoms with Gasteiger partial charge in [-0.15, -0.1) is 0 Å². The molecule has 1 aromatic carbocycles. The van der Waals surface area contributed by atoms with Crippen LogP contribution < -0.4 is 19.8 Å². The summed E-state index contributed by atoms with van der Waals surface area (Å²) in [5, 5.41) is 0.312. The molecule has 23 heavy (non-hydrogen) atoms. The number of methoxy groups -OCH3 is 4. The van der Waals surface area contributed by atoms with Crippen molar-refractivity contribution < 1.29 is 23.7 Å². The van der Waals surface area contributed by atoms with Crippen molar-refractivity contribution in [3.8, 4) is 17.2 Å². The number of hydrogen-bond donors (Lipinski definition) is 0. The third-order valence-corrected chi connectivity index (χ3v) is 3.41. The molecular weight excluding hydrogens is 304 g/mol. The van der Waals surface area contributed by atoms with Crippen LogP contribution in [0.25, 0.3) is 10.9 Å². The molecule has 8 heteroatoms. The van der Waals surface area contributed by atoms with Crippen LogP contribution >= 0.6 is 0 Å². The smallest absolute Gasteiger partial charge is 0.307 e. The zero-order valence-electron chi connectivity index (χ0n) is 13.4. The summed E-state index contributed by atoms with van der Waals surface area (Å²) in [7, 11) is 5.70. The van der Waals surface area contributed by atoms with Crippen LogP contribution in [-0.2, 0) is 16.1 Å². The van der Waals surface area contributed by atoms with E-state index in [0.717, 1.165) is 0 Å². The van der Waals surface area contributed by atoms with Crippen molar-refractivity contribution in [3.05, 3.63) is 22.7 Å². The lowest BCUT2D eigenvalue weighted by atomic mass is 10.2. The lowest BCUT2D eigenvalue weighted by Crippen LogP contribution is -2.22. The fourth-order valence-corrected chi connectivity index (χ4v) is 2.24. The molecule has 0 unspecified atom stereocenters. The first-order chi connectivity index (χ1) is 11.1. The van der Waals surface area contributed by atoms with Crippen LogP contribution in [0, 0.1) is 0 Å². The third kappa shape index (κ3) is 3.05. The molecule has 1 heterocycles. The monoisotopic (exact) mass is 322 g/mol. The molecule has 0 saturated heterocycles. The largest absolute Gasteiger partial charge is 0.493 e. The lowest BCUT2D eigenvalue weighted by molar-refractivity contribution is -0.140. The van der Waals surface area contributed by atoms with E-state index in [-0.39, 0.29) is 18.5 Å². The van der Waals surface area contributed by atoms with E-state index >= 15 is 0 Å². The van der Waals surface area contributed by atoms with E-state index in [1.54, 1.807) is 6.07 Å². The van der Waals surface area contributed by atoms with Crippen molar-refractivity contribution in [2.45, 2.75) is 13.0 Å². The molecule has 0 aliphatic rings. The molecule has 0 aliphatic heterocycles. The van der Waals surface area contributed by atoms with Crippen molar-refractivity contribution in [1.29, 1.82) is 0 Å². The molecule has 0 N–H and O–H groups in total. The van der Waals surface area contributed by atoms with E-state index in [2.05, 4.69) is 9.72 Å². The fourth-order valence-electron chi connectivity index (χ4n) is 2.24. The minimum Gasteiger partial charge on any atom is -0.493 e. The number of carbonyl (C=O) groups excluding carboxylic acids is 1. The first-order valence-electron chi connectivity index (χ1n) is 6.82. The van der Waals surface area contributed by atoms with Gasteiger partial charge in [-0.2, -0.15) is 0 Å². The summed E-state index contributed by atoms with van der Waals surface area (Å²) < 4.78 is 21.7. The van der Waals surface area contributed by atoms with Gasteiger partial charge in [0.15, 0.2) is 11.5 Å². The Morgan fingerprint density at radius 3 is 2.39 bits per heavy atom. The van der Waals surface area contributed by atoms with Crippen molar-refractivity contribution in [3.63, 3.8) is 0 Å². The summed E-state index contributed by atoms with van der Waals surface area (Å²) in [6.07, 6.45) is 1.44. The normalized spacial score (nSPS) is 10.4. The standard InChI is InChI=1S/C15H18N2O6/c1-20-10-7-9-12(14(23-4)13(10)22-3)16-8-17(15(9)19)6-5-11(18)21-2/h7-8H,5-6H2,1-4H3. The number of esters is 1. The maximum absolute atomic E-state index is 12.6. The van der Waals surface area contributed by atoms with Gasteiger partial charge in [0, 0.05) is 6.54 Å². The van der Waals surface area contributed by atoms with E-state index in [4.69, 9.17) is 14.2 Å². The van der Waals surface area contributed by atoms with Crippen LogP contribution in [0.2, 0.25) is 0 Å². The highest BCUT2D eigenvalue weighted by molar-refractivity contribution is 5.89. The zero-order valence-corrected chi connectivity index (χ0v) is 13.4. The van der Waals surface area contributed by atoms with E-state index in [9.17, 15) is 9.59 Å². The summed E-state index contributed by atoms with van der Waals surface area (Å²) in [6.45, 7) is 0.172. The number of benzene rings is 1. The van der Waals surface area contributed by atoms with Crippen LogP contribution in [0.15, 0.2) is 17.2 Å². The molecule has 1 aromatic heterocycles. The minimum atomic E-state index is -0.401. The van der Waals surface area contributed by atoms with Crippen LogP contribution in [-0.4, -0.2) is 44.0 Å². The Labute approximate surface area is 132 Å². The Bertz CT molecular complexity index is 784. The van der Waals surface area contributed by atoms with Crippen molar-refractivity contribution in [2.75, 3.05) is 28.4 Å². The topological polar surface area (TPSA) is 88.9 Å². The molecule has 0 radical (unpaired) electrons. The van der Waals surface area contributed by atoms with Crippen LogP contribution in [0.4, 0.5) is 0 Å². The Hall–Kier alpha value is -2.77. The number of nitrogens with zero attached hydrogens (tertiary/aromatic N) is 2. The maximum Gasteiger partial charge on any atom is 0.307 e. The highest BCUT2D eigenvalue weighted by Crippen LogP contribution is 2.41. The van der Waals surface area contributed by atoms with Gasteiger partial charge in [-0.3, -0.25) is 14.2 Å². The molecule has 0 spiro atoms. The fraction of sp³-hybridized carbons (Fsp3) is 0.400. The number of carbonyl (C=O) groups is 1. The molecule has 0 saturated carbocycles. The van der Waals surface area contributed by atoms with Gasteiger partial charge < -0.3 is 18.9 Å². The van der Waals surface area contributed by atoms with Crippen molar-refractivity contribution in [2.24, 2.45) is 0 Å². The van der Waals surface area contributed by atoms with E-state index in [0.29, 0.717) is 28.2 Å². The van der Waals surface area contributed by atoms with Gasteiger partial charge in [0.1, 0.15) is 5.52 Å². The second kappa shape index (κ2) is 6.99. The van der Waals surface area contributed by atoms with E-state index in [1.165, 1.54) is 39.3 Å². The predicted octanol–water partition coefficient (Wildman–Crippen LogP) is 0.985. The quantitative estimate of drug-likeness (QED) is 0.733. The van der Waals surface area contributed by atoms with Crippen molar-refractivity contribution in [1.82, 2.24) is 9.55 Å². The minimum absolute atomic E-state index is 0.0774. The molecule has 0 fully saturated rings. The number of fused-ring (bicyclic) bond motifs is 1. The van der Waals surface area contributed by atoms with E-state index in [1.807, 2.05) is 0 Å². The summed E-state index contributed by atoms with van der Waals surface area (Å²) >= 11 is 0. The first kappa shape index (κ1) is 16.6. The Kier molecular flexibility index (Phi) is 5.05. The molecule has 0 bridgehead atoms. The molecule has 0 amide bonds. The van der Waals surface area contributed by atoms with Crippen LogP contribution in [0.1, 0.15) is 6.42 Å². The van der Waals surface area contributed by atoms with Gasteiger partial charge in [0.25, 0.3) is 5.56 Å². The van der Waals surface area contributed by atoms with Gasteiger partial charge in [-0.05, 0) is 6.07 Å². The van der Waals surface area contributed by atoms with Crippen LogP contribution in [0.3, 0.4) is 0 Å². The Balaban J connectivity index is 2.60. The van der Waals surface area contributed by atoms with Gasteiger partial charge in [-0.1, -0.05) is 0 Å². The third-order valence-electron chi connectivity index (χ3n) is 3.41. The number of hydrogen-bond acceptors (Lipinski definition) is 7. The first-order valence-corrected chi connectivity index (χ1v) is 6.82. The zero-order chi connectivity index (χ0) is 17.0. The summed E-state index contributed by atoms with van der Waals surface area (Å²) in [6, 6.07) is 1.54. The Morgan fingerprint density at radius 1 is 1.13 bits per heavy atom. The van der Waals surface area contributed by atoms with Crippen molar-refractivity contribution >= 4 is 16.9 Å². The average molecular weight is 322 g/mol. The molecule has 8 nitrogen and oxygen atoms in total. The molecule has 0 aliphatic carbocycles. The number of aryl methyl sites for hydroxylation is 1. The molecule has 2 aromatic rings. The van der Waals surface area contributed by atoms with Gasteiger partial charge in [0.2, 0.25) is 5.75 Å². The van der Waals surface area contributed by atoms with Gasteiger partial charge in [0.05, 0.1) is 46.6 Å². The molecular formula is C15H18N2O6. The predicted molar refractivity (Wildman–Crippen MR) is 82.3 cm³/mol. The number of aromatic nitrogens is 2. The molecule has 0 atom stereocenters. The van der Waals surface area contributed by atoms with Gasteiger partial charge in [-0.25, -0.2) is 4.98 Å². The SMILES string of the molecule is COC(=O)CCn1cnc2c(OC)c(OC)c(OC)cc2c1=O. The summed E-state index contributed by atoms with van der Waals surface area (Å²) in [4.78, 5) is 28.1.